The van der Waals surface area contributed by atoms with Crippen LogP contribution in [-0.2, 0) is 42.2 Å². The Morgan fingerprint density at radius 3 is 1.20 bits per heavy atom. The van der Waals surface area contributed by atoms with E-state index in [-0.39, 0.29) is 25.9 Å². The third-order valence-corrected chi connectivity index (χ3v) is 12.3. The van der Waals surface area contributed by atoms with Gasteiger partial charge in [-0.1, -0.05) is 206 Å². The molecule has 420 valence electrons. The first-order chi connectivity index (χ1) is 36.2. The molecule has 3 atom stereocenters. The Morgan fingerprint density at radius 2 is 0.757 bits per heavy atom. The summed E-state index contributed by atoms with van der Waals surface area (Å²) >= 11 is 0. The number of carbonyl (C=O) groups excluding carboxylic acids is 3. The van der Waals surface area contributed by atoms with Gasteiger partial charge in [-0.25, -0.2) is 4.57 Å². The van der Waals surface area contributed by atoms with Crippen LogP contribution in [0, 0.1) is 0 Å². The first-order valence-electron chi connectivity index (χ1n) is 28.4. The Kier molecular flexibility index (Phi) is 52.1. The Morgan fingerprint density at radius 1 is 0.405 bits per heavy atom. The molecule has 0 spiro atoms. The number of aliphatic hydroxyl groups excluding tert-OH is 1. The van der Waals surface area contributed by atoms with Gasteiger partial charge in [0.15, 0.2) is 6.10 Å². The number of phosphoric acid groups is 1. The molecule has 12 heteroatoms. The molecule has 0 aliphatic rings. The first kappa shape index (κ1) is 69.9. The predicted molar refractivity (Wildman–Crippen MR) is 306 cm³/mol. The van der Waals surface area contributed by atoms with Gasteiger partial charge < -0.3 is 24.2 Å². The number of hydrogen-bond donors (Lipinski definition) is 2. The van der Waals surface area contributed by atoms with Crippen LogP contribution in [0.3, 0.4) is 0 Å². The zero-order valence-corrected chi connectivity index (χ0v) is 47.2. The number of hydrogen-bond acceptors (Lipinski definition) is 10. The lowest BCUT2D eigenvalue weighted by molar-refractivity contribution is -0.161. The number of aliphatic hydroxyl groups is 1. The van der Waals surface area contributed by atoms with E-state index in [1.165, 1.54) is 38.5 Å². The third-order valence-electron chi connectivity index (χ3n) is 11.4. The molecular weight excluding hydrogens is 952 g/mol. The van der Waals surface area contributed by atoms with E-state index in [9.17, 15) is 28.9 Å². The highest BCUT2D eigenvalue weighted by Crippen LogP contribution is 2.43. The van der Waals surface area contributed by atoms with Crippen molar-refractivity contribution in [2.24, 2.45) is 0 Å². The molecule has 0 aliphatic heterocycles. The quantitative estimate of drug-likeness (QED) is 0.0197. The molecule has 0 amide bonds. The molecular formula is C62H101O11P. The van der Waals surface area contributed by atoms with Crippen molar-refractivity contribution in [3.8, 4) is 0 Å². The van der Waals surface area contributed by atoms with Crippen LogP contribution in [0.5, 0.6) is 0 Å². The largest absolute Gasteiger partial charge is 0.472 e. The fourth-order valence-corrected chi connectivity index (χ4v) is 7.91. The standard InChI is InChI=1S/C62H101O11P/c1-4-7-10-13-16-19-22-25-28-29-32-35-38-41-44-47-50-53-62(66)73-59(55-69-60(64)51-48-45-42-39-36-33-30-26-23-20-17-14-11-8-5-2)57-71-74(67,68)70-56-58(54-63)72-61(65)52-49-46-43-40-37-34-31-27-24-21-18-15-12-9-6-3/h7,9-10,12,16,18-19,21,25-28,30-32,35,37,40,46,49,58-59,63H,4-6,8,11,13-15,17,20,22-24,29,33-34,36,38-39,41-45,47-48,50-57H2,1-3H3,(H,67,68)/b10-7-,12-9-,19-16-,21-18-,28-25-,30-26-,31-27-,35-32-,40-37-,49-46-. The van der Waals surface area contributed by atoms with Gasteiger partial charge in [0.2, 0.25) is 0 Å². The van der Waals surface area contributed by atoms with Gasteiger partial charge in [-0.2, -0.15) is 0 Å². The van der Waals surface area contributed by atoms with E-state index in [2.05, 4.69) is 118 Å². The number of carbonyl (C=O) groups is 3. The van der Waals surface area contributed by atoms with Crippen molar-refractivity contribution in [1.29, 1.82) is 0 Å². The van der Waals surface area contributed by atoms with Crippen LogP contribution in [0.25, 0.3) is 0 Å². The SMILES string of the molecule is CC/C=C\C/C=C\C/C=C\C/C=C\C/C=C\CC(=O)OC(CO)COP(=O)(O)OCC(COC(=O)CCCCCCC/C=C\CCCCCCCC)OC(=O)CCCCCC/C=C\C/C=C\C/C=C\C/C=C\CC. The fraction of sp³-hybridized carbons (Fsp3) is 0.629. The molecule has 0 aliphatic carbocycles. The van der Waals surface area contributed by atoms with Gasteiger partial charge >= 0.3 is 25.7 Å². The normalized spacial score (nSPS) is 14.3. The van der Waals surface area contributed by atoms with Crippen LogP contribution in [0.15, 0.2) is 122 Å². The third kappa shape index (κ3) is 52.7. The van der Waals surface area contributed by atoms with Crippen LogP contribution in [0.1, 0.15) is 213 Å². The molecule has 3 unspecified atom stereocenters. The van der Waals surface area contributed by atoms with Gasteiger partial charge in [0.25, 0.3) is 0 Å². The molecule has 0 rings (SSSR count). The zero-order valence-electron chi connectivity index (χ0n) is 46.3. The molecule has 0 saturated heterocycles. The van der Waals surface area contributed by atoms with Crippen molar-refractivity contribution in [3.05, 3.63) is 122 Å². The molecule has 0 heterocycles. The van der Waals surface area contributed by atoms with Crippen molar-refractivity contribution in [3.63, 3.8) is 0 Å². The number of allylic oxidation sites excluding steroid dienone is 19. The average Bonchev–Trinajstić information content (AvgIpc) is 3.39. The Hall–Kier alpha value is -4.12. The first-order valence-corrected chi connectivity index (χ1v) is 29.9. The van der Waals surface area contributed by atoms with Gasteiger partial charge in [0.1, 0.15) is 12.7 Å². The van der Waals surface area contributed by atoms with Gasteiger partial charge in [0.05, 0.1) is 26.2 Å². The molecule has 2 N–H and O–H groups in total. The smallest absolute Gasteiger partial charge is 0.462 e. The molecule has 0 aromatic heterocycles. The molecule has 74 heavy (non-hydrogen) atoms. The summed E-state index contributed by atoms with van der Waals surface area (Å²) in [4.78, 5) is 48.5. The van der Waals surface area contributed by atoms with Crippen LogP contribution in [-0.4, -0.2) is 66.5 Å². The predicted octanol–water partition coefficient (Wildman–Crippen LogP) is 16.8. The minimum absolute atomic E-state index is 0.0631. The summed E-state index contributed by atoms with van der Waals surface area (Å²) in [6.45, 7) is 4.25. The summed E-state index contributed by atoms with van der Waals surface area (Å²) in [5, 5.41) is 9.79. The summed E-state index contributed by atoms with van der Waals surface area (Å²) < 4.78 is 39.3. The number of phosphoric ester groups is 1. The lowest BCUT2D eigenvalue weighted by Crippen LogP contribution is -2.30. The van der Waals surface area contributed by atoms with Crippen molar-refractivity contribution in [2.45, 2.75) is 226 Å². The van der Waals surface area contributed by atoms with Crippen molar-refractivity contribution >= 4 is 25.7 Å². The number of ether oxygens (including phenoxy) is 3. The number of rotatable bonds is 51. The molecule has 0 fully saturated rings. The summed E-state index contributed by atoms with van der Waals surface area (Å²) in [6, 6.07) is 0. The Balaban J connectivity index is 4.88. The molecule has 0 bridgehead atoms. The Labute approximate surface area is 449 Å². The highest BCUT2D eigenvalue weighted by molar-refractivity contribution is 7.47. The van der Waals surface area contributed by atoms with E-state index in [4.69, 9.17) is 23.3 Å². The molecule has 0 saturated carbocycles. The maximum atomic E-state index is 12.9. The number of unbranched alkanes of at least 4 members (excludes halogenated alkanes) is 15. The van der Waals surface area contributed by atoms with E-state index >= 15 is 0 Å². The van der Waals surface area contributed by atoms with Gasteiger partial charge in [-0.05, 0) is 109 Å². The maximum absolute atomic E-state index is 12.9. The Bertz CT molecular complexity index is 1700. The lowest BCUT2D eigenvalue weighted by Gasteiger charge is -2.21. The second-order valence-corrected chi connectivity index (χ2v) is 19.8. The van der Waals surface area contributed by atoms with Crippen LogP contribution >= 0.6 is 7.82 Å². The molecule has 0 aromatic rings. The summed E-state index contributed by atoms with van der Waals surface area (Å²) in [5.41, 5.74) is 0. The summed E-state index contributed by atoms with van der Waals surface area (Å²) in [5.74, 6) is -1.65. The van der Waals surface area contributed by atoms with E-state index < -0.39 is 57.8 Å². The lowest BCUT2D eigenvalue weighted by atomic mass is 10.1. The van der Waals surface area contributed by atoms with Crippen LogP contribution < -0.4 is 0 Å². The second-order valence-electron chi connectivity index (χ2n) is 18.3. The van der Waals surface area contributed by atoms with Crippen LogP contribution in [0.2, 0.25) is 0 Å². The van der Waals surface area contributed by atoms with Crippen molar-refractivity contribution in [1.82, 2.24) is 0 Å². The highest BCUT2D eigenvalue weighted by atomic mass is 31.2. The van der Waals surface area contributed by atoms with Crippen LogP contribution in [0.4, 0.5) is 0 Å². The van der Waals surface area contributed by atoms with Gasteiger partial charge in [-0.3, -0.25) is 23.4 Å². The second kappa shape index (κ2) is 55.1. The van der Waals surface area contributed by atoms with Crippen molar-refractivity contribution < 1.29 is 52.2 Å². The van der Waals surface area contributed by atoms with Gasteiger partial charge in [0, 0.05) is 12.8 Å². The average molecular weight is 1050 g/mol. The van der Waals surface area contributed by atoms with Crippen molar-refractivity contribution in [2.75, 3.05) is 26.4 Å². The maximum Gasteiger partial charge on any atom is 0.472 e. The fourth-order valence-electron chi connectivity index (χ4n) is 7.12. The summed E-state index contributed by atoms with van der Waals surface area (Å²) in [6.07, 6.45) is 67.6. The van der Waals surface area contributed by atoms with E-state index in [0.29, 0.717) is 19.3 Å². The van der Waals surface area contributed by atoms with Gasteiger partial charge in [-0.15, -0.1) is 0 Å². The molecule has 0 radical (unpaired) electrons. The molecule has 0 aromatic carbocycles. The van der Waals surface area contributed by atoms with E-state index in [1.54, 1.807) is 6.08 Å². The minimum atomic E-state index is -4.79. The summed E-state index contributed by atoms with van der Waals surface area (Å²) in [7, 11) is -4.79. The topological polar surface area (TPSA) is 155 Å². The number of esters is 3. The van der Waals surface area contributed by atoms with E-state index in [1.807, 2.05) is 18.2 Å². The monoisotopic (exact) mass is 1050 g/mol. The minimum Gasteiger partial charge on any atom is -0.462 e. The molecule has 11 nitrogen and oxygen atoms in total. The zero-order chi connectivity index (χ0) is 54.1. The van der Waals surface area contributed by atoms with E-state index in [0.717, 1.165) is 116 Å². The highest BCUT2D eigenvalue weighted by Gasteiger charge is 2.28.